The number of likely N-dealkylation sites (tertiary alicyclic amines) is 1. The molecule has 36 heavy (non-hydrogen) atoms. The van der Waals surface area contributed by atoms with E-state index in [1.165, 1.54) is 11.0 Å². The Morgan fingerprint density at radius 1 is 0.917 bits per heavy atom. The lowest BCUT2D eigenvalue weighted by Crippen LogP contribution is -2.39. The summed E-state index contributed by atoms with van der Waals surface area (Å²) >= 11 is 0. The van der Waals surface area contributed by atoms with Gasteiger partial charge in [-0.05, 0) is 43.4 Å². The molecule has 2 aromatic rings. The van der Waals surface area contributed by atoms with Gasteiger partial charge in [0, 0.05) is 28.2 Å². The van der Waals surface area contributed by atoms with Crippen LogP contribution < -0.4 is 0 Å². The summed E-state index contributed by atoms with van der Waals surface area (Å²) in [4.78, 5) is 55.0. The van der Waals surface area contributed by atoms with Gasteiger partial charge in [-0.3, -0.25) is 24.1 Å². The standard InChI is InChI=1S/C30H25NO5/c1-16-13-24(33)27-22(28(16)34)14-21-18(25(27)19-9-5-6-10-23(19)32)11-12-20-26(21)30(36)31(29(20)35)15-17-7-3-2-4-8-17/h2-11,13,20-21,25-26,32H,12,14-15H2,1H3. The molecule has 4 aliphatic rings. The number of hydrogen-bond donors (Lipinski definition) is 1. The highest BCUT2D eigenvalue weighted by atomic mass is 16.3. The number of amides is 2. The zero-order chi connectivity index (χ0) is 25.1. The number of para-hydroxylation sites is 1. The van der Waals surface area contributed by atoms with Gasteiger partial charge in [-0.25, -0.2) is 0 Å². The van der Waals surface area contributed by atoms with Crippen molar-refractivity contribution in [2.75, 3.05) is 0 Å². The summed E-state index contributed by atoms with van der Waals surface area (Å²) in [5.41, 5.74) is 3.40. The van der Waals surface area contributed by atoms with E-state index >= 15 is 0 Å². The number of rotatable bonds is 3. The molecule has 4 atom stereocenters. The zero-order valence-corrected chi connectivity index (χ0v) is 19.8. The summed E-state index contributed by atoms with van der Waals surface area (Å²) in [6.45, 7) is 1.84. The summed E-state index contributed by atoms with van der Waals surface area (Å²) in [7, 11) is 0. The molecule has 4 unspecified atom stereocenters. The average molecular weight is 480 g/mol. The summed E-state index contributed by atoms with van der Waals surface area (Å²) in [5, 5.41) is 10.7. The Morgan fingerprint density at radius 2 is 1.64 bits per heavy atom. The zero-order valence-electron chi connectivity index (χ0n) is 19.8. The lowest BCUT2D eigenvalue weighted by atomic mass is 9.59. The van der Waals surface area contributed by atoms with Crippen LogP contribution in [0.15, 0.2) is 89.0 Å². The minimum atomic E-state index is -0.632. The van der Waals surface area contributed by atoms with Gasteiger partial charge in [-0.2, -0.15) is 0 Å². The molecule has 1 fully saturated rings. The number of benzene rings is 2. The normalized spacial score (nSPS) is 27.4. The van der Waals surface area contributed by atoms with Crippen LogP contribution in [0.3, 0.4) is 0 Å². The largest absolute Gasteiger partial charge is 0.508 e. The quantitative estimate of drug-likeness (QED) is 0.408. The number of nitrogens with zero attached hydrogens (tertiary/aromatic N) is 1. The fraction of sp³-hybridized carbons (Fsp3) is 0.267. The van der Waals surface area contributed by atoms with E-state index in [0.717, 1.165) is 11.1 Å². The third-order valence-corrected chi connectivity index (χ3v) is 8.08. The molecule has 180 valence electrons. The van der Waals surface area contributed by atoms with E-state index in [-0.39, 0.29) is 42.1 Å². The second-order valence-corrected chi connectivity index (χ2v) is 10.0. The van der Waals surface area contributed by atoms with Gasteiger partial charge >= 0.3 is 0 Å². The maximum Gasteiger partial charge on any atom is 0.234 e. The van der Waals surface area contributed by atoms with Gasteiger partial charge in [0.05, 0.1) is 18.4 Å². The number of Topliss-reactive ketones (excluding diaryl/α,β-unsaturated/α-hetero) is 1. The number of aromatic hydroxyl groups is 1. The van der Waals surface area contributed by atoms with Crippen molar-refractivity contribution in [3.63, 3.8) is 0 Å². The molecule has 0 saturated carbocycles. The molecular weight excluding hydrogens is 454 g/mol. The van der Waals surface area contributed by atoms with Gasteiger partial charge in [0.1, 0.15) is 5.75 Å². The number of hydrogen-bond acceptors (Lipinski definition) is 5. The summed E-state index contributed by atoms with van der Waals surface area (Å²) < 4.78 is 0. The van der Waals surface area contributed by atoms with Crippen molar-refractivity contribution in [3.8, 4) is 5.75 Å². The third-order valence-electron chi connectivity index (χ3n) is 8.08. The van der Waals surface area contributed by atoms with E-state index in [9.17, 15) is 24.3 Å². The molecule has 0 aromatic heterocycles. The third kappa shape index (κ3) is 3.24. The maximum atomic E-state index is 13.7. The second-order valence-electron chi connectivity index (χ2n) is 10.0. The molecule has 6 heteroatoms. The molecule has 1 heterocycles. The Kier molecular flexibility index (Phi) is 5.14. The molecule has 1 saturated heterocycles. The van der Waals surface area contributed by atoms with Gasteiger partial charge in [0.25, 0.3) is 0 Å². The first-order chi connectivity index (χ1) is 17.4. The van der Waals surface area contributed by atoms with E-state index in [0.29, 0.717) is 28.7 Å². The van der Waals surface area contributed by atoms with Crippen molar-refractivity contribution in [1.82, 2.24) is 4.90 Å². The number of carbonyl (C=O) groups excluding carboxylic acids is 4. The Hall–Kier alpha value is -4.06. The van der Waals surface area contributed by atoms with Gasteiger partial charge in [-0.1, -0.05) is 60.2 Å². The Bertz CT molecular complexity index is 1430. The smallest absolute Gasteiger partial charge is 0.234 e. The van der Waals surface area contributed by atoms with Gasteiger partial charge in [-0.15, -0.1) is 0 Å². The van der Waals surface area contributed by atoms with Crippen molar-refractivity contribution in [2.24, 2.45) is 17.8 Å². The lowest BCUT2D eigenvalue weighted by Gasteiger charge is -2.42. The van der Waals surface area contributed by atoms with Crippen LogP contribution in [0.4, 0.5) is 0 Å². The van der Waals surface area contributed by atoms with Crippen LogP contribution in [-0.4, -0.2) is 33.4 Å². The highest BCUT2D eigenvalue weighted by Crippen LogP contribution is 2.56. The van der Waals surface area contributed by atoms with Gasteiger partial charge in [0.2, 0.25) is 11.8 Å². The van der Waals surface area contributed by atoms with E-state index in [1.807, 2.05) is 36.4 Å². The molecule has 0 radical (unpaired) electrons. The average Bonchev–Trinajstić information content (AvgIpc) is 3.12. The molecule has 6 nitrogen and oxygen atoms in total. The number of phenols is 1. The summed E-state index contributed by atoms with van der Waals surface area (Å²) in [6, 6.07) is 16.2. The van der Waals surface area contributed by atoms with Crippen molar-refractivity contribution < 1.29 is 24.3 Å². The molecule has 0 bridgehead atoms. The lowest BCUT2D eigenvalue weighted by molar-refractivity contribution is -0.140. The number of ketones is 2. The molecule has 2 amide bonds. The first-order valence-electron chi connectivity index (χ1n) is 12.2. The van der Waals surface area contributed by atoms with Crippen molar-refractivity contribution >= 4 is 23.4 Å². The Balaban J connectivity index is 1.45. The summed E-state index contributed by atoms with van der Waals surface area (Å²) in [5.74, 6) is -2.95. The predicted molar refractivity (Wildman–Crippen MR) is 131 cm³/mol. The number of fused-ring (bicyclic) bond motifs is 3. The molecular formula is C30H25NO5. The first kappa shape index (κ1) is 22.4. The van der Waals surface area contributed by atoms with Crippen LogP contribution in [0.1, 0.15) is 36.8 Å². The van der Waals surface area contributed by atoms with Crippen molar-refractivity contribution in [1.29, 1.82) is 0 Å². The van der Waals surface area contributed by atoms with Crippen LogP contribution in [0.25, 0.3) is 0 Å². The van der Waals surface area contributed by atoms with Crippen LogP contribution in [0.5, 0.6) is 5.75 Å². The SMILES string of the molecule is CC1=CC(=O)C2=C(CC3C(=CCC4C(=O)N(Cc5ccccc5)C(=O)C43)C2c2ccccc2O)C1=O. The number of imide groups is 1. The predicted octanol–water partition coefficient (Wildman–Crippen LogP) is 4.02. The molecule has 0 spiro atoms. The Morgan fingerprint density at radius 3 is 2.39 bits per heavy atom. The van der Waals surface area contributed by atoms with E-state index in [2.05, 4.69) is 0 Å². The van der Waals surface area contributed by atoms with E-state index in [1.54, 1.807) is 31.2 Å². The van der Waals surface area contributed by atoms with Crippen LogP contribution in [-0.2, 0) is 25.7 Å². The molecule has 1 aliphatic heterocycles. The first-order valence-corrected chi connectivity index (χ1v) is 12.2. The molecule has 2 aromatic carbocycles. The fourth-order valence-electron chi connectivity index (χ4n) is 6.46. The fourth-order valence-corrected chi connectivity index (χ4v) is 6.46. The van der Waals surface area contributed by atoms with E-state index < -0.39 is 23.7 Å². The second kappa shape index (κ2) is 8.26. The summed E-state index contributed by atoms with van der Waals surface area (Å²) in [6.07, 6.45) is 3.95. The minimum Gasteiger partial charge on any atom is -0.508 e. The monoisotopic (exact) mass is 479 g/mol. The number of carbonyl (C=O) groups is 4. The van der Waals surface area contributed by atoms with E-state index in [4.69, 9.17) is 0 Å². The van der Waals surface area contributed by atoms with Crippen molar-refractivity contribution in [2.45, 2.75) is 32.2 Å². The number of phenolic OH excluding ortho intramolecular Hbond substituents is 1. The molecule has 1 N–H and O–H groups in total. The molecule has 3 aliphatic carbocycles. The van der Waals surface area contributed by atoms with Crippen molar-refractivity contribution in [3.05, 3.63) is 100 Å². The number of allylic oxidation sites excluding steroid dienone is 6. The Labute approximate surface area is 208 Å². The molecule has 6 rings (SSSR count). The highest BCUT2D eigenvalue weighted by molar-refractivity contribution is 6.23. The van der Waals surface area contributed by atoms with Crippen LogP contribution in [0, 0.1) is 17.8 Å². The minimum absolute atomic E-state index is 0.0316. The highest BCUT2D eigenvalue weighted by Gasteiger charge is 2.56. The van der Waals surface area contributed by atoms with Crippen LogP contribution >= 0.6 is 0 Å². The topological polar surface area (TPSA) is 91.8 Å². The maximum absolute atomic E-state index is 13.7. The van der Waals surface area contributed by atoms with Gasteiger partial charge in [0.15, 0.2) is 11.6 Å². The van der Waals surface area contributed by atoms with Gasteiger partial charge < -0.3 is 5.11 Å². The van der Waals surface area contributed by atoms with Crippen LogP contribution in [0.2, 0.25) is 0 Å².